The van der Waals surface area contributed by atoms with E-state index < -0.39 is 5.97 Å². The van der Waals surface area contributed by atoms with E-state index in [-0.39, 0.29) is 12.5 Å². The SMILES string of the molecule is CCOC(=O)COc1cccc(/C=C/C(=O)NCCC2=CCC=CN=C2)c1. The van der Waals surface area contributed by atoms with Crippen LogP contribution in [-0.2, 0) is 14.3 Å². The summed E-state index contributed by atoms with van der Waals surface area (Å²) in [5, 5.41) is 2.85. The normalized spacial score (nSPS) is 13.1. The lowest BCUT2D eigenvalue weighted by Crippen LogP contribution is -2.22. The molecule has 0 spiro atoms. The van der Waals surface area contributed by atoms with E-state index in [1.165, 1.54) is 6.08 Å². The van der Waals surface area contributed by atoms with Gasteiger partial charge in [-0.2, -0.15) is 0 Å². The van der Waals surface area contributed by atoms with Gasteiger partial charge in [-0.3, -0.25) is 9.79 Å². The molecule has 0 fully saturated rings. The number of esters is 1. The van der Waals surface area contributed by atoms with E-state index in [1.807, 2.05) is 18.4 Å². The van der Waals surface area contributed by atoms with E-state index in [4.69, 9.17) is 9.47 Å². The van der Waals surface area contributed by atoms with Gasteiger partial charge in [0.15, 0.2) is 6.61 Å². The Balaban J connectivity index is 1.77. The number of nitrogens with one attached hydrogen (secondary N) is 1. The van der Waals surface area contributed by atoms with Crippen molar-refractivity contribution in [1.82, 2.24) is 5.32 Å². The molecule has 1 heterocycles. The van der Waals surface area contributed by atoms with E-state index in [2.05, 4.69) is 16.4 Å². The van der Waals surface area contributed by atoms with Gasteiger partial charge in [-0.15, -0.1) is 0 Å². The minimum atomic E-state index is -0.414. The van der Waals surface area contributed by atoms with Gasteiger partial charge >= 0.3 is 5.97 Å². The summed E-state index contributed by atoms with van der Waals surface area (Å²) < 4.78 is 10.2. The summed E-state index contributed by atoms with van der Waals surface area (Å²) in [6, 6.07) is 7.14. The van der Waals surface area contributed by atoms with Crippen molar-refractivity contribution in [2.75, 3.05) is 19.8 Å². The number of carbonyl (C=O) groups excluding carboxylic acids is 2. The highest BCUT2D eigenvalue weighted by atomic mass is 16.6. The Bertz CT molecular complexity index is 763. The van der Waals surface area contributed by atoms with Crippen LogP contribution in [0.25, 0.3) is 6.08 Å². The highest BCUT2D eigenvalue weighted by Crippen LogP contribution is 2.14. The summed E-state index contributed by atoms with van der Waals surface area (Å²) in [6.07, 6.45) is 12.4. The number of carbonyl (C=O) groups is 2. The third-order valence-electron chi connectivity index (χ3n) is 3.61. The van der Waals surface area contributed by atoms with Crippen LogP contribution in [0.2, 0.25) is 0 Å². The zero-order chi connectivity index (χ0) is 19.3. The van der Waals surface area contributed by atoms with Gasteiger partial charge in [0.05, 0.1) is 6.61 Å². The molecule has 2 rings (SSSR count). The Morgan fingerprint density at radius 3 is 3.07 bits per heavy atom. The molecule has 0 aliphatic carbocycles. The molecule has 1 aliphatic rings. The monoisotopic (exact) mass is 368 g/mol. The zero-order valence-electron chi connectivity index (χ0n) is 15.4. The second-order valence-corrected chi connectivity index (χ2v) is 5.72. The van der Waals surface area contributed by atoms with Crippen molar-refractivity contribution < 1.29 is 19.1 Å². The molecule has 27 heavy (non-hydrogen) atoms. The molecule has 6 heteroatoms. The van der Waals surface area contributed by atoms with Crippen LogP contribution >= 0.6 is 0 Å². The number of rotatable bonds is 9. The predicted octanol–water partition coefficient (Wildman–Crippen LogP) is 3.06. The topological polar surface area (TPSA) is 77.0 Å². The standard InChI is InChI=1S/C21H24N2O4/c1-2-26-21(25)16-27-19-8-5-7-17(14-19)9-10-20(24)23-13-11-18-6-3-4-12-22-15-18/h4-10,12,14-15H,2-3,11,13,16H2,1H3,(H,23,24)/b10-9+. The fourth-order valence-electron chi connectivity index (χ4n) is 2.31. The number of amides is 1. The second kappa shape index (κ2) is 11.5. The number of hydrogen-bond donors (Lipinski definition) is 1. The molecule has 1 aromatic rings. The Morgan fingerprint density at radius 2 is 2.22 bits per heavy atom. The minimum Gasteiger partial charge on any atom is -0.482 e. The molecule has 1 aliphatic heterocycles. The van der Waals surface area contributed by atoms with Gasteiger partial charge in [-0.05, 0) is 49.1 Å². The van der Waals surface area contributed by atoms with E-state index in [1.54, 1.807) is 37.4 Å². The summed E-state index contributed by atoms with van der Waals surface area (Å²) >= 11 is 0. The minimum absolute atomic E-state index is 0.143. The molecule has 1 amide bonds. The van der Waals surface area contributed by atoms with Crippen LogP contribution in [0, 0.1) is 0 Å². The summed E-state index contributed by atoms with van der Waals surface area (Å²) in [5.41, 5.74) is 1.91. The molecule has 0 aromatic heterocycles. The first kappa shape index (κ1) is 20.2. The van der Waals surface area contributed by atoms with Crippen LogP contribution in [0.3, 0.4) is 0 Å². The van der Waals surface area contributed by atoms with Crippen molar-refractivity contribution in [3.8, 4) is 5.75 Å². The molecule has 0 unspecified atom stereocenters. The molecular formula is C21H24N2O4. The average molecular weight is 368 g/mol. The number of ether oxygens (including phenoxy) is 2. The van der Waals surface area contributed by atoms with Crippen LogP contribution in [0.5, 0.6) is 5.75 Å². The lowest BCUT2D eigenvalue weighted by atomic mass is 10.1. The molecule has 0 atom stereocenters. The predicted molar refractivity (Wildman–Crippen MR) is 106 cm³/mol. The van der Waals surface area contributed by atoms with Crippen LogP contribution < -0.4 is 10.1 Å². The van der Waals surface area contributed by atoms with Crippen molar-refractivity contribution >= 4 is 24.2 Å². The van der Waals surface area contributed by atoms with Crippen LogP contribution in [0.1, 0.15) is 25.3 Å². The van der Waals surface area contributed by atoms with E-state index >= 15 is 0 Å². The molecule has 0 saturated heterocycles. The van der Waals surface area contributed by atoms with Crippen LogP contribution in [0.4, 0.5) is 0 Å². The number of hydrogen-bond acceptors (Lipinski definition) is 5. The average Bonchev–Trinajstić information content (AvgIpc) is 2.94. The first-order valence-corrected chi connectivity index (χ1v) is 8.89. The number of nitrogens with zero attached hydrogens (tertiary/aromatic N) is 1. The molecular weight excluding hydrogens is 344 g/mol. The van der Waals surface area contributed by atoms with Crippen molar-refractivity contribution in [3.63, 3.8) is 0 Å². The summed E-state index contributed by atoms with van der Waals surface area (Å²) in [4.78, 5) is 27.4. The fourth-order valence-corrected chi connectivity index (χ4v) is 2.31. The molecule has 0 saturated carbocycles. The Kier molecular flexibility index (Phi) is 8.56. The van der Waals surface area contributed by atoms with Crippen molar-refractivity contribution in [3.05, 3.63) is 59.8 Å². The largest absolute Gasteiger partial charge is 0.482 e. The third-order valence-corrected chi connectivity index (χ3v) is 3.61. The van der Waals surface area contributed by atoms with Crippen molar-refractivity contribution in [2.45, 2.75) is 19.8 Å². The fraction of sp³-hybridized carbons (Fsp3) is 0.286. The van der Waals surface area contributed by atoms with Crippen molar-refractivity contribution in [2.24, 2.45) is 4.99 Å². The Hall–Kier alpha value is -3.15. The molecule has 6 nitrogen and oxygen atoms in total. The maximum atomic E-state index is 11.9. The molecule has 142 valence electrons. The molecule has 1 N–H and O–H groups in total. The highest BCUT2D eigenvalue weighted by molar-refractivity contribution is 5.91. The number of allylic oxidation sites excluding steroid dienone is 2. The lowest BCUT2D eigenvalue weighted by molar-refractivity contribution is -0.145. The van der Waals surface area contributed by atoms with Crippen LogP contribution in [0.15, 0.2) is 59.3 Å². The van der Waals surface area contributed by atoms with Gasteiger partial charge in [-0.1, -0.05) is 24.3 Å². The van der Waals surface area contributed by atoms with E-state index in [0.717, 1.165) is 24.0 Å². The molecule has 1 aromatic carbocycles. The molecule has 0 bridgehead atoms. The second-order valence-electron chi connectivity index (χ2n) is 5.72. The first-order valence-electron chi connectivity index (χ1n) is 8.89. The lowest BCUT2D eigenvalue weighted by Gasteiger charge is -2.06. The molecule has 0 radical (unpaired) electrons. The van der Waals surface area contributed by atoms with Crippen LogP contribution in [-0.4, -0.2) is 37.8 Å². The highest BCUT2D eigenvalue weighted by Gasteiger charge is 2.03. The van der Waals surface area contributed by atoms with Gasteiger partial charge < -0.3 is 14.8 Å². The van der Waals surface area contributed by atoms with Gasteiger partial charge in [0.2, 0.25) is 5.91 Å². The summed E-state index contributed by atoms with van der Waals surface area (Å²) in [5.74, 6) is -0.0432. The summed E-state index contributed by atoms with van der Waals surface area (Å²) in [6.45, 7) is 2.47. The zero-order valence-corrected chi connectivity index (χ0v) is 15.4. The number of aliphatic imine (C=N–C) groups is 1. The Labute approximate surface area is 159 Å². The van der Waals surface area contributed by atoms with E-state index in [9.17, 15) is 9.59 Å². The summed E-state index contributed by atoms with van der Waals surface area (Å²) in [7, 11) is 0. The third kappa shape index (κ3) is 8.18. The van der Waals surface area contributed by atoms with Crippen molar-refractivity contribution in [1.29, 1.82) is 0 Å². The maximum absolute atomic E-state index is 11.9. The van der Waals surface area contributed by atoms with Gasteiger partial charge in [0.1, 0.15) is 5.75 Å². The smallest absolute Gasteiger partial charge is 0.344 e. The van der Waals surface area contributed by atoms with Gasteiger partial charge in [0.25, 0.3) is 0 Å². The van der Waals surface area contributed by atoms with Gasteiger partial charge in [-0.25, -0.2) is 4.79 Å². The first-order chi connectivity index (χ1) is 13.2. The van der Waals surface area contributed by atoms with Gasteiger partial charge in [0, 0.05) is 25.0 Å². The quantitative estimate of drug-likeness (QED) is 0.537. The maximum Gasteiger partial charge on any atom is 0.344 e. The number of benzene rings is 1. The van der Waals surface area contributed by atoms with E-state index in [0.29, 0.717) is 18.9 Å². The Morgan fingerprint density at radius 1 is 1.33 bits per heavy atom.